The van der Waals surface area contributed by atoms with E-state index < -0.39 is 0 Å². The number of amides is 1. The fraction of sp³-hybridized carbons (Fsp3) is 0.125. The molecule has 0 aromatic heterocycles. The molecule has 1 N–H and O–H groups in total. The molecule has 0 heterocycles. The largest absolute Gasteiger partial charge is 0.493 e. The lowest BCUT2D eigenvalue weighted by Crippen LogP contribution is -2.17. The zero-order chi connectivity index (χ0) is 16.8. The average molecular weight is 398 g/mol. The van der Waals surface area contributed by atoms with Gasteiger partial charge >= 0.3 is 0 Å². The molecule has 0 fully saturated rings. The molecule has 0 aliphatic carbocycles. The Morgan fingerprint density at radius 2 is 2.04 bits per heavy atom. The lowest BCUT2D eigenvalue weighted by molar-refractivity contribution is 0.0955. The zero-order valence-electron chi connectivity index (χ0n) is 12.5. The third-order valence-corrected chi connectivity index (χ3v) is 3.70. The van der Waals surface area contributed by atoms with Crippen LogP contribution in [0.5, 0.6) is 11.5 Å². The first-order valence-corrected chi connectivity index (χ1v) is 7.72. The summed E-state index contributed by atoms with van der Waals surface area (Å²) in [6, 6.07) is 10.4. The number of carbonyl (C=O) groups excluding carboxylic acids is 1. The molecule has 23 heavy (non-hydrogen) atoms. The first kappa shape index (κ1) is 17.3. The van der Waals surface area contributed by atoms with E-state index in [0.29, 0.717) is 27.6 Å². The molecule has 2 rings (SSSR count). The molecule has 0 saturated heterocycles. The summed E-state index contributed by atoms with van der Waals surface area (Å²) in [6.45, 7) is 0. The van der Waals surface area contributed by atoms with E-state index in [4.69, 9.17) is 21.1 Å². The van der Waals surface area contributed by atoms with Crippen LogP contribution < -0.4 is 14.9 Å². The van der Waals surface area contributed by atoms with Gasteiger partial charge in [0.05, 0.1) is 25.5 Å². The van der Waals surface area contributed by atoms with Crippen LogP contribution >= 0.6 is 27.5 Å². The molecule has 0 spiro atoms. The Balaban J connectivity index is 2.11. The molecule has 2 aromatic carbocycles. The highest BCUT2D eigenvalue weighted by Gasteiger charge is 2.10. The van der Waals surface area contributed by atoms with Crippen molar-refractivity contribution in [1.82, 2.24) is 5.43 Å². The van der Waals surface area contributed by atoms with Gasteiger partial charge < -0.3 is 9.47 Å². The Labute approximate surface area is 147 Å². The number of nitrogens with zero attached hydrogens (tertiary/aromatic N) is 1. The standard InChI is InChI=1S/C16H14BrClN2O3/c1-22-14-7-10(6-13(18)15(14)23-2)9-19-20-16(21)11-4-3-5-12(17)8-11/h3-9H,1-2H3,(H,20,21)/b19-9-. The van der Waals surface area contributed by atoms with E-state index in [1.165, 1.54) is 20.4 Å². The summed E-state index contributed by atoms with van der Waals surface area (Å²) in [5.41, 5.74) is 3.63. The van der Waals surface area contributed by atoms with Crippen LogP contribution in [0.3, 0.4) is 0 Å². The number of ether oxygens (including phenoxy) is 2. The van der Waals surface area contributed by atoms with Gasteiger partial charge in [0, 0.05) is 10.0 Å². The quantitative estimate of drug-likeness (QED) is 0.615. The third kappa shape index (κ3) is 4.46. The lowest BCUT2D eigenvalue weighted by Gasteiger charge is -2.09. The molecular formula is C16H14BrClN2O3. The van der Waals surface area contributed by atoms with Crippen molar-refractivity contribution in [1.29, 1.82) is 0 Å². The number of nitrogens with one attached hydrogen (secondary N) is 1. The van der Waals surface area contributed by atoms with Crippen molar-refractivity contribution >= 4 is 39.7 Å². The fourth-order valence-electron chi connectivity index (χ4n) is 1.87. The number of carbonyl (C=O) groups is 1. The maximum absolute atomic E-state index is 12.0. The van der Waals surface area contributed by atoms with E-state index in [1.54, 1.807) is 30.3 Å². The molecule has 0 saturated carbocycles. The maximum atomic E-state index is 12.0. The van der Waals surface area contributed by atoms with Gasteiger partial charge in [0.2, 0.25) is 0 Å². The predicted molar refractivity (Wildman–Crippen MR) is 93.8 cm³/mol. The summed E-state index contributed by atoms with van der Waals surface area (Å²) in [6.07, 6.45) is 1.48. The van der Waals surface area contributed by atoms with Gasteiger partial charge in [-0.05, 0) is 35.9 Å². The van der Waals surface area contributed by atoms with Crippen LogP contribution in [0, 0.1) is 0 Å². The number of methoxy groups -OCH3 is 2. The van der Waals surface area contributed by atoms with E-state index in [9.17, 15) is 4.79 Å². The smallest absolute Gasteiger partial charge is 0.271 e. The minimum Gasteiger partial charge on any atom is -0.493 e. The Morgan fingerprint density at radius 3 is 2.70 bits per heavy atom. The summed E-state index contributed by atoms with van der Waals surface area (Å²) in [5, 5.41) is 4.32. The van der Waals surface area contributed by atoms with E-state index in [2.05, 4.69) is 26.5 Å². The van der Waals surface area contributed by atoms with Gasteiger partial charge in [-0.2, -0.15) is 5.10 Å². The Morgan fingerprint density at radius 1 is 1.26 bits per heavy atom. The summed E-state index contributed by atoms with van der Waals surface area (Å²) >= 11 is 9.42. The number of rotatable bonds is 5. The van der Waals surface area contributed by atoms with Crippen LogP contribution in [0.4, 0.5) is 0 Å². The molecule has 0 bridgehead atoms. The minimum atomic E-state index is -0.311. The van der Waals surface area contributed by atoms with Gasteiger partial charge in [-0.3, -0.25) is 4.79 Å². The molecule has 5 nitrogen and oxygen atoms in total. The third-order valence-electron chi connectivity index (χ3n) is 2.92. The zero-order valence-corrected chi connectivity index (χ0v) is 14.8. The normalized spacial score (nSPS) is 10.6. The molecule has 1 amide bonds. The summed E-state index contributed by atoms with van der Waals surface area (Å²) in [7, 11) is 3.03. The Bertz CT molecular complexity index is 750. The topological polar surface area (TPSA) is 59.9 Å². The van der Waals surface area contributed by atoms with Gasteiger partial charge in [0.25, 0.3) is 5.91 Å². The highest BCUT2D eigenvalue weighted by molar-refractivity contribution is 9.10. The Hall–Kier alpha value is -2.05. The van der Waals surface area contributed by atoms with Crippen LogP contribution in [0.15, 0.2) is 46.0 Å². The summed E-state index contributed by atoms with van der Waals surface area (Å²) < 4.78 is 11.2. The van der Waals surface area contributed by atoms with Gasteiger partial charge in [-0.15, -0.1) is 0 Å². The maximum Gasteiger partial charge on any atom is 0.271 e. The van der Waals surface area contributed by atoms with Gasteiger partial charge in [-0.1, -0.05) is 33.6 Å². The van der Waals surface area contributed by atoms with E-state index in [-0.39, 0.29) is 5.91 Å². The molecule has 7 heteroatoms. The van der Waals surface area contributed by atoms with Crippen LogP contribution in [0.2, 0.25) is 5.02 Å². The Kier molecular flexibility index (Phi) is 6.01. The molecule has 2 aromatic rings. The highest BCUT2D eigenvalue weighted by atomic mass is 79.9. The second-order valence-electron chi connectivity index (χ2n) is 4.45. The SMILES string of the molecule is COc1cc(/C=N\NC(=O)c2cccc(Br)c2)cc(Cl)c1OC. The molecule has 0 radical (unpaired) electrons. The van der Waals surface area contributed by atoms with Crippen molar-refractivity contribution in [2.75, 3.05) is 14.2 Å². The minimum absolute atomic E-state index is 0.311. The second kappa shape index (κ2) is 7.99. The monoisotopic (exact) mass is 396 g/mol. The lowest BCUT2D eigenvalue weighted by atomic mass is 10.2. The number of halogens is 2. The van der Waals surface area contributed by atoms with Gasteiger partial charge in [-0.25, -0.2) is 5.43 Å². The number of hydrogen-bond acceptors (Lipinski definition) is 4. The molecule has 120 valence electrons. The van der Waals surface area contributed by atoms with Gasteiger partial charge in [0.15, 0.2) is 11.5 Å². The number of hydrazone groups is 1. The van der Waals surface area contributed by atoms with E-state index in [1.807, 2.05) is 6.07 Å². The van der Waals surface area contributed by atoms with Crippen molar-refractivity contribution in [3.63, 3.8) is 0 Å². The summed E-state index contributed by atoms with van der Waals surface area (Å²) in [4.78, 5) is 12.0. The van der Waals surface area contributed by atoms with Crippen LogP contribution in [0.25, 0.3) is 0 Å². The number of benzene rings is 2. The average Bonchev–Trinajstić information content (AvgIpc) is 2.54. The molecular weight excluding hydrogens is 384 g/mol. The molecule has 0 unspecified atom stereocenters. The van der Waals surface area contributed by atoms with E-state index >= 15 is 0 Å². The highest BCUT2D eigenvalue weighted by Crippen LogP contribution is 2.35. The van der Waals surface area contributed by atoms with Crippen LogP contribution in [-0.2, 0) is 0 Å². The van der Waals surface area contributed by atoms with Crippen molar-refractivity contribution in [2.24, 2.45) is 5.10 Å². The molecule has 0 aliphatic heterocycles. The van der Waals surface area contributed by atoms with Crippen molar-refractivity contribution in [2.45, 2.75) is 0 Å². The van der Waals surface area contributed by atoms with Gasteiger partial charge in [0.1, 0.15) is 0 Å². The van der Waals surface area contributed by atoms with Crippen molar-refractivity contribution in [3.8, 4) is 11.5 Å². The van der Waals surface area contributed by atoms with Crippen molar-refractivity contribution < 1.29 is 14.3 Å². The predicted octanol–water partition coefficient (Wildman–Crippen LogP) is 3.88. The fourth-order valence-corrected chi connectivity index (χ4v) is 2.57. The molecule has 0 aliphatic rings. The number of hydrogen-bond donors (Lipinski definition) is 1. The van der Waals surface area contributed by atoms with Crippen LogP contribution in [-0.4, -0.2) is 26.3 Å². The summed E-state index contributed by atoms with van der Waals surface area (Å²) in [5.74, 6) is 0.623. The second-order valence-corrected chi connectivity index (χ2v) is 5.77. The van der Waals surface area contributed by atoms with Crippen LogP contribution in [0.1, 0.15) is 15.9 Å². The van der Waals surface area contributed by atoms with E-state index in [0.717, 1.165) is 4.47 Å². The first-order chi connectivity index (χ1) is 11.0. The van der Waals surface area contributed by atoms with Crippen molar-refractivity contribution in [3.05, 3.63) is 57.0 Å². The first-order valence-electron chi connectivity index (χ1n) is 6.55. The molecule has 0 atom stereocenters.